The number of hydrogen-bond donors (Lipinski definition) is 4. The number of carboxylic acids is 1. The molecule has 1 amide bonds. The number of thiol groups is 1. The van der Waals surface area contributed by atoms with Crippen LogP contribution in [-0.4, -0.2) is 38.5 Å². The number of amides is 1. The predicted molar refractivity (Wildman–Crippen MR) is 54.0 cm³/mol. The molecule has 1 atom stereocenters. The zero-order valence-electron chi connectivity index (χ0n) is 6.97. The molecule has 0 aliphatic carbocycles. The minimum atomic E-state index is -1.38. The third kappa shape index (κ3) is 5.70. The van der Waals surface area contributed by atoms with Crippen LogP contribution in [0.3, 0.4) is 0 Å². The summed E-state index contributed by atoms with van der Waals surface area (Å²) >= 11 is 3.81. The lowest BCUT2D eigenvalue weighted by Gasteiger charge is -2.11. The summed E-state index contributed by atoms with van der Waals surface area (Å²) in [5, 5.41) is 16.6. The number of carbonyl (C=O) groups is 3. The predicted octanol–water partition coefficient (Wildman–Crippen LogP) is 0.880. The molecule has 0 aliphatic rings. The first-order chi connectivity index (χ1) is 6.47. The topological polar surface area (TPSA) is 104 Å². The molecule has 0 saturated carbocycles. The van der Waals surface area contributed by atoms with Crippen LogP contribution in [0.2, 0.25) is 0 Å². The van der Waals surface area contributed by atoms with E-state index in [1.54, 1.807) is 0 Å². The Labute approximate surface area is 89.5 Å². The van der Waals surface area contributed by atoms with Crippen LogP contribution in [0.1, 0.15) is 6.42 Å². The monoisotopic (exact) mass is 239 g/mol. The van der Waals surface area contributed by atoms with Gasteiger partial charge in [-0.05, 0) is 12.2 Å². The molecule has 14 heavy (non-hydrogen) atoms. The quantitative estimate of drug-likeness (QED) is 0.543. The van der Waals surface area contributed by atoms with E-state index in [9.17, 15) is 14.4 Å². The van der Waals surface area contributed by atoms with E-state index >= 15 is 0 Å². The van der Waals surface area contributed by atoms with Gasteiger partial charge in [-0.25, -0.2) is 9.59 Å². The van der Waals surface area contributed by atoms with Gasteiger partial charge in [0, 0.05) is 0 Å². The lowest BCUT2D eigenvalue weighted by molar-refractivity contribution is -0.139. The zero-order chi connectivity index (χ0) is 11.1. The summed E-state index contributed by atoms with van der Waals surface area (Å²) in [4.78, 5) is 31.4. The molecule has 0 bridgehead atoms. The molecule has 80 valence electrons. The highest BCUT2D eigenvalue weighted by Gasteiger charge is 2.20. The smallest absolute Gasteiger partial charge is 0.374 e. The summed E-state index contributed by atoms with van der Waals surface area (Å²) in [6.45, 7) is 0. The van der Waals surface area contributed by atoms with E-state index in [-0.39, 0.29) is 23.9 Å². The van der Waals surface area contributed by atoms with Crippen molar-refractivity contribution in [1.29, 1.82) is 0 Å². The molecule has 3 N–H and O–H groups in total. The summed E-state index contributed by atoms with van der Waals surface area (Å²) in [6.07, 6.45) is 0.143. The van der Waals surface area contributed by atoms with Crippen LogP contribution in [0.15, 0.2) is 0 Å². The van der Waals surface area contributed by atoms with Gasteiger partial charge >= 0.3 is 11.3 Å². The largest absolute Gasteiger partial charge is 0.480 e. The minimum Gasteiger partial charge on any atom is -0.480 e. The molecule has 0 spiro atoms. The average Bonchev–Trinajstić information content (AvgIpc) is 2.01. The minimum absolute atomic E-state index is 0.00439. The molecule has 8 heteroatoms. The molecule has 0 heterocycles. The molecule has 0 saturated heterocycles. The van der Waals surface area contributed by atoms with Crippen molar-refractivity contribution >= 4 is 40.9 Å². The molecule has 0 rings (SSSR count). The zero-order valence-corrected chi connectivity index (χ0v) is 8.68. The SMILES string of the molecule is O=C(O)SC(=O)NC(CCS)C(=O)O. The van der Waals surface area contributed by atoms with Gasteiger partial charge < -0.3 is 15.5 Å². The van der Waals surface area contributed by atoms with Crippen LogP contribution in [0.25, 0.3) is 0 Å². The van der Waals surface area contributed by atoms with Gasteiger partial charge in [-0.15, -0.1) is 0 Å². The van der Waals surface area contributed by atoms with Gasteiger partial charge in [0.2, 0.25) is 0 Å². The molecule has 0 radical (unpaired) electrons. The number of thioether (sulfide) groups is 1. The van der Waals surface area contributed by atoms with E-state index in [0.717, 1.165) is 0 Å². The second kappa shape index (κ2) is 6.55. The first-order valence-electron chi connectivity index (χ1n) is 3.52. The fourth-order valence-electron chi connectivity index (χ4n) is 0.638. The van der Waals surface area contributed by atoms with Crippen LogP contribution in [0.4, 0.5) is 9.59 Å². The van der Waals surface area contributed by atoms with Crippen molar-refractivity contribution in [3.05, 3.63) is 0 Å². The number of nitrogens with one attached hydrogen (secondary N) is 1. The van der Waals surface area contributed by atoms with Crippen molar-refractivity contribution in [2.24, 2.45) is 0 Å². The Hall–Kier alpha value is -0.890. The highest BCUT2D eigenvalue weighted by Crippen LogP contribution is 2.04. The third-order valence-corrected chi connectivity index (χ3v) is 1.92. The van der Waals surface area contributed by atoms with Crippen LogP contribution < -0.4 is 5.32 Å². The fourth-order valence-corrected chi connectivity index (χ4v) is 1.26. The first kappa shape index (κ1) is 13.1. The molecular formula is C6H9NO5S2. The van der Waals surface area contributed by atoms with Crippen molar-refractivity contribution in [3.8, 4) is 0 Å². The van der Waals surface area contributed by atoms with Crippen molar-refractivity contribution in [1.82, 2.24) is 5.32 Å². The van der Waals surface area contributed by atoms with E-state index in [0.29, 0.717) is 0 Å². The number of rotatable bonds is 4. The van der Waals surface area contributed by atoms with Gasteiger partial charge in [-0.3, -0.25) is 4.79 Å². The Balaban J connectivity index is 4.09. The molecular weight excluding hydrogens is 230 g/mol. The molecule has 0 aromatic carbocycles. The van der Waals surface area contributed by atoms with Gasteiger partial charge in [-0.1, -0.05) is 0 Å². The first-order valence-corrected chi connectivity index (χ1v) is 4.97. The van der Waals surface area contributed by atoms with E-state index in [2.05, 4.69) is 12.6 Å². The number of aliphatic carboxylic acids is 1. The second-order valence-electron chi connectivity index (χ2n) is 2.20. The van der Waals surface area contributed by atoms with Crippen LogP contribution in [-0.2, 0) is 4.79 Å². The van der Waals surface area contributed by atoms with E-state index in [1.165, 1.54) is 0 Å². The average molecular weight is 239 g/mol. The van der Waals surface area contributed by atoms with Crippen molar-refractivity contribution in [3.63, 3.8) is 0 Å². The molecule has 0 aromatic heterocycles. The Bertz CT molecular complexity index is 244. The molecule has 0 aromatic rings. The highest BCUT2D eigenvalue weighted by atomic mass is 32.2. The van der Waals surface area contributed by atoms with Gasteiger partial charge in [0.15, 0.2) is 0 Å². The van der Waals surface area contributed by atoms with Crippen LogP contribution in [0.5, 0.6) is 0 Å². The van der Waals surface area contributed by atoms with Crippen LogP contribution >= 0.6 is 24.4 Å². The van der Waals surface area contributed by atoms with Gasteiger partial charge in [0.1, 0.15) is 6.04 Å². The number of hydrogen-bond acceptors (Lipinski definition) is 5. The number of carboxylic acid groups (broad SMARTS) is 2. The second-order valence-corrected chi connectivity index (χ2v) is 3.57. The maximum atomic E-state index is 10.8. The van der Waals surface area contributed by atoms with Gasteiger partial charge in [-0.2, -0.15) is 12.6 Å². The van der Waals surface area contributed by atoms with E-state index in [4.69, 9.17) is 10.2 Å². The normalized spacial score (nSPS) is 11.8. The Morgan fingerprint density at radius 2 is 1.93 bits per heavy atom. The molecule has 1 unspecified atom stereocenters. The third-order valence-electron chi connectivity index (χ3n) is 1.19. The van der Waals surface area contributed by atoms with E-state index in [1.807, 2.05) is 5.32 Å². The van der Waals surface area contributed by atoms with Crippen molar-refractivity contribution < 1.29 is 24.6 Å². The van der Waals surface area contributed by atoms with Gasteiger partial charge in [0.25, 0.3) is 5.24 Å². The maximum Gasteiger partial charge on any atom is 0.374 e. The summed E-state index contributed by atoms with van der Waals surface area (Å²) in [5.74, 6) is -0.923. The maximum absolute atomic E-state index is 10.8. The number of carbonyl (C=O) groups excluding carboxylic acids is 1. The summed E-state index contributed by atoms with van der Waals surface area (Å²) in [6, 6.07) is -1.09. The van der Waals surface area contributed by atoms with Gasteiger partial charge in [0.05, 0.1) is 11.8 Å². The van der Waals surface area contributed by atoms with E-state index < -0.39 is 22.6 Å². The Morgan fingerprint density at radius 3 is 2.29 bits per heavy atom. The van der Waals surface area contributed by atoms with Crippen molar-refractivity contribution in [2.45, 2.75) is 12.5 Å². The molecule has 0 fully saturated rings. The lowest BCUT2D eigenvalue weighted by atomic mass is 10.2. The fraction of sp³-hybridized carbons (Fsp3) is 0.500. The Morgan fingerprint density at radius 1 is 1.36 bits per heavy atom. The van der Waals surface area contributed by atoms with Crippen molar-refractivity contribution in [2.75, 3.05) is 5.75 Å². The van der Waals surface area contributed by atoms with Crippen LogP contribution in [0, 0.1) is 0 Å². The Kier molecular flexibility index (Phi) is 6.13. The standard InChI is InChI=1S/C6H9NO5S2/c8-4(9)3(1-2-13)7-5(10)14-6(11)12/h3,13H,1-2H2,(H,7,10)(H,8,9)(H,11,12). The lowest BCUT2D eigenvalue weighted by Crippen LogP contribution is -2.39. The summed E-state index contributed by atoms with van der Waals surface area (Å²) < 4.78 is 0. The summed E-state index contributed by atoms with van der Waals surface area (Å²) in [7, 11) is 0. The summed E-state index contributed by atoms with van der Waals surface area (Å²) in [5.41, 5.74) is 0. The molecule has 0 aliphatic heterocycles. The highest BCUT2D eigenvalue weighted by molar-refractivity contribution is 8.25. The molecule has 6 nitrogen and oxygen atoms in total.